The Morgan fingerprint density at radius 1 is 1.48 bits per heavy atom. The van der Waals surface area contributed by atoms with E-state index in [9.17, 15) is 9.59 Å². The van der Waals surface area contributed by atoms with Crippen molar-refractivity contribution in [3.05, 3.63) is 29.8 Å². The highest BCUT2D eigenvalue weighted by Crippen LogP contribution is 2.12. The number of hydrogen-bond acceptors (Lipinski definition) is 5. The van der Waals surface area contributed by atoms with Crippen molar-refractivity contribution in [1.29, 1.82) is 0 Å². The van der Waals surface area contributed by atoms with E-state index in [1.54, 1.807) is 24.3 Å². The highest BCUT2D eigenvalue weighted by Gasteiger charge is 2.24. The van der Waals surface area contributed by atoms with Gasteiger partial charge in [0, 0.05) is 25.2 Å². The molecule has 0 aliphatic carbocycles. The molecular formula is C14H20N4O3. The Hall–Kier alpha value is -2.12. The molecule has 1 saturated heterocycles. The zero-order chi connectivity index (χ0) is 15.2. The predicted molar refractivity (Wildman–Crippen MR) is 77.6 cm³/mol. The van der Waals surface area contributed by atoms with Gasteiger partial charge in [0.25, 0.3) is 5.91 Å². The Labute approximate surface area is 123 Å². The van der Waals surface area contributed by atoms with E-state index in [0.29, 0.717) is 31.0 Å². The normalized spacial score (nSPS) is 19.0. The summed E-state index contributed by atoms with van der Waals surface area (Å²) in [5.74, 6) is 5.45. The van der Waals surface area contributed by atoms with Gasteiger partial charge in [-0.25, -0.2) is 5.84 Å². The number of benzene rings is 1. The molecule has 7 nitrogen and oxygen atoms in total. The highest BCUT2D eigenvalue weighted by molar-refractivity contribution is 5.93. The number of nitrogens with two attached hydrogens (primary N) is 1. The van der Waals surface area contributed by atoms with Crippen LogP contribution in [0.2, 0.25) is 0 Å². The van der Waals surface area contributed by atoms with E-state index in [1.807, 2.05) is 6.92 Å². The molecule has 0 saturated carbocycles. The summed E-state index contributed by atoms with van der Waals surface area (Å²) in [6.45, 7) is 4.55. The lowest BCUT2D eigenvalue weighted by molar-refractivity contribution is -0.128. The summed E-state index contributed by atoms with van der Waals surface area (Å²) in [5, 5.41) is 2.82. The average Bonchev–Trinajstić information content (AvgIpc) is 2.51. The van der Waals surface area contributed by atoms with Crippen molar-refractivity contribution in [2.24, 2.45) is 5.84 Å². The molecule has 7 heteroatoms. The second kappa shape index (κ2) is 7.05. The molecule has 1 atom stereocenters. The van der Waals surface area contributed by atoms with Gasteiger partial charge < -0.3 is 10.1 Å². The maximum atomic E-state index is 11.5. The molecule has 0 aromatic heterocycles. The third-order valence-electron chi connectivity index (χ3n) is 3.52. The van der Waals surface area contributed by atoms with Crippen LogP contribution in [0.25, 0.3) is 0 Å². The van der Waals surface area contributed by atoms with E-state index in [1.165, 1.54) is 0 Å². The summed E-state index contributed by atoms with van der Waals surface area (Å²) in [4.78, 5) is 24.9. The first-order valence-corrected chi connectivity index (χ1v) is 6.87. The van der Waals surface area contributed by atoms with Gasteiger partial charge in [0.05, 0.1) is 6.04 Å². The fourth-order valence-corrected chi connectivity index (χ4v) is 2.20. The summed E-state index contributed by atoms with van der Waals surface area (Å²) in [6, 6.07) is 6.61. The fourth-order valence-electron chi connectivity index (χ4n) is 2.20. The quantitative estimate of drug-likeness (QED) is 0.386. The van der Waals surface area contributed by atoms with Crippen LogP contribution in [-0.2, 0) is 4.79 Å². The van der Waals surface area contributed by atoms with Gasteiger partial charge in [-0.1, -0.05) is 0 Å². The molecule has 0 spiro atoms. The highest BCUT2D eigenvalue weighted by atomic mass is 16.5. The molecule has 1 heterocycles. The van der Waals surface area contributed by atoms with Crippen LogP contribution in [0.1, 0.15) is 17.3 Å². The Morgan fingerprint density at radius 3 is 2.86 bits per heavy atom. The van der Waals surface area contributed by atoms with Crippen LogP contribution in [0.3, 0.4) is 0 Å². The summed E-state index contributed by atoms with van der Waals surface area (Å²) in [5.41, 5.74) is 2.55. The second-order valence-electron chi connectivity index (χ2n) is 4.85. The molecule has 114 valence electrons. The summed E-state index contributed by atoms with van der Waals surface area (Å²) in [6.07, 6.45) is 0. The molecule has 2 amide bonds. The van der Waals surface area contributed by atoms with Crippen molar-refractivity contribution < 1.29 is 14.3 Å². The van der Waals surface area contributed by atoms with E-state index in [0.717, 1.165) is 6.54 Å². The fraction of sp³-hybridized carbons (Fsp3) is 0.429. The average molecular weight is 292 g/mol. The summed E-state index contributed by atoms with van der Waals surface area (Å²) in [7, 11) is 0. The number of piperazine rings is 1. The standard InChI is InChI=1S/C14H20N4O3/c1-10-13(19)16-6-7-18(10)8-9-21-12-4-2-11(3-5-12)14(20)17-15/h2-5,10H,6-9,15H2,1H3,(H,16,19)(H,17,20). The molecule has 2 rings (SSSR count). The Balaban J connectivity index is 1.80. The number of ether oxygens (including phenoxy) is 1. The molecule has 1 unspecified atom stereocenters. The third kappa shape index (κ3) is 3.93. The number of carbonyl (C=O) groups is 2. The minimum Gasteiger partial charge on any atom is -0.492 e. The Bertz CT molecular complexity index is 503. The number of amides is 2. The molecule has 0 radical (unpaired) electrons. The molecule has 1 aromatic rings. The lowest BCUT2D eigenvalue weighted by Gasteiger charge is -2.32. The molecule has 1 aromatic carbocycles. The summed E-state index contributed by atoms with van der Waals surface area (Å²) >= 11 is 0. The first-order valence-electron chi connectivity index (χ1n) is 6.87. The van der Waals surface area contributed by atoms with Gasteiger partial charge in [0.2, 0.25) is 5.91 Å². The van der Waals surface area contributed by atoms with Crippen molar-refractivity contribution in [2.75, 3.05) is 26.2 Å². The number of rotatable bonds is 5. The zero-order valence-electron chi connectivity index (χ0n) is 12.0. The Kier molecular flexibility index (Phi) is 5.13. The van der Waals surface area contributed by atoms with Gasteiger partial charge in [-0.15, -0.1) is 0 Å². The molecule has 1 aliphatic heterocycles. The molecule has 21 heavy (non-hydrogen) atoms. The monoisotopic (exact) mass is 292 g/mol. The van der Waals surface area contributed by atoms with Crippen LogP contribution in [0.15, 0.2) is 24.3 Å². The minimum atomic E-state index is -0.338. The molecule has 1 aliphatic rings. The maximum Gasteiger partial charge on any atom is 0.265 e. The lowest BCUT2D eigenvalue weighted by atomic mass is 10.2. The van der Waals surface area contributed by atoms with E-state index in [2.05, 4.69) is 15.6 Å². The van der Waals surface area contributed by atoms with Crippen molar-refractivity contribution in [3.8, 4) is 5.75 Å². The molecular weight excluding hydrogens is 272 g/mol. The van der Waals surface area contributed by atoms with Gasteiger partial charge in [-0.2, -0.15) is 0 Å². The van der Waals surface area contributed by atoms with Crippen molar-refractivity contribution in [3.63, 3.8) is 0 Å². The first-order chi connectivity index (χ1) is 10.1. The molecule has 1 fully saturated rings. The van der Waals surface area contributed by atoms with E-state index < -0.39 is 0 Å². The SMILES string of the molecule is CC1C(=O)NCCN1CCOc1ccc(C(=O)NN)cc1. The number of hydrazine groups is 1. The Morgan fingerprint density at radius 2 is 2.19 bits per heavy atom. The van der Waals surface area contributed by atoms with Crippen molar-refractivity contribution >= 4 is 11.8 Å². The third-order valence-corrected chi connectivity index (χ3v) is 3.52. The topological polar surface area (TPSA) is 96.7 Å². The minimum absolute atomic E-state index is 0.0541. The molecule has 0 bridgehead atoms. The number of nitrogen functional groups attached to an aromatic ring is 1. The second-order valence-corrected chi connectivity index (χ2v) is 4.85. The number of carbonyl (C=O) groups excluding carboxylic acids is 2. The van der Waals surface area contributed by atoms with Crippen LogP contribution in [0.5, 0.6) is 5.75 Å². The van der Waals surface area contributed by atoms with E-state index in [-0.39, 0.29) is 17.9 Å². The number of hydrogen-bond donors (Lipinski definition) is 3. The van der Waals surface area contributed by atoms with Crippen LogP contribution in [-0.4, -0.2) is 49.0 Å². The lowest BCUT2D eigenvalue weighted by Crippen LogP contribution is -2.54. The van der Waals surface area contributed by atoms with Gasteiger partial charge in [-0.05, 0) is 31.2 Å². The largest absolute Gasteiger partial charge is 0.492 e. The van der Waals surface area contributed by atoms with Crippen LogP contribution in [0.4, 0.5) is 0 Å². The van der Waals surface area contributed by atoms with E-state index in [4.69, 9.17) is 10.6 Å². The van der Waals surface area contributed by atoms with Crippen LogP contribution < -0.4 is 21.3 Å². The number of nitrogens with zero attached hydrogens (tertiary/aromatic N) is 1. The predicted octanol–water partition coefficient (Wildman–Crippen LogP) is -0.511. The molecule has 4 N–H and O–H groups in total. The van der Waals surface area contributed by atoms with Gasteiger partial charge in [0.1, 0.15) is 12.4 Å². The van der Waals surface area contributed by atoms with Gasteiger partial charge in [0.15, 0.2) is 0 Å². The first kappa shape index (κ1) is 15.3. The van der Waals surface area contributed by atoms with Crippen LogP contribution >= 0.6 is 0 Å². The van der Waals surface area contributed by atoms with E-state index >= 15 is 0 Å². The smallest absolute Gasteiger partial charge is 0.265 e. The van der Waals surface area contributed by atoms with Crippen molar-refractivity contribution in [1.82, 2.24) is 15.6 Å². The number of nitrogens with one attached hydrogen (secondary N) is 2. The van der Waals surface area contributed by atoms with Gasteiger partial charge in [-0.3, -0.25) is 19.9 Å². The summed E-state index contributed by atoms with van der Waals surface area (Å²) < 4.78 is 5.62. The van der Waals surface area contributed by atoms with Gasteiger partial charge >= 0.3 is 0 Å². The zero-order valence-corrected chi connectivity index (χ0v) is 12.0. The maximum absolute atomic E-state index is 11.5. The van der Waals surface area contributed by atoms with Crippen molar-refractivity contribution in [2.45, 2.75) is 13.0 Å². The van der Waals surface area contributed by atoms with Crippen LogP contribution in [0, 0.1) is 0 Å².